The maximum Gasteiger partial charge on any atom is 0.307 e. The molecule has 2 aromatic heterocycles. The van der Waals surface area contributed by atoms with Crippen LogP contribution in [0.25, 0.3) is 32.9 Å². The van der Waals surface area contributed by atoms with Gasteiger partial charge in [-0.25, -0.2) is 4.98 Å². The number of carboxylic acid groups (broad SMARTS) is 1. The summed E-state index contributed by atoms with van der Waals surface area (Å²) < 4.78 is 5.85. The number of rotatable bonds is 4. The highest BCUT2D eigenvalue weighted by Gasteiger charge is 2.22. The van der Waals surface area contributed by atoms with E-state index < -0.39 is 5.97 Å². The largest absolute Gasteiger partial charge is 0.493 e. The van der Waals surface area contributed by atoms with Gasteiger partial charge in [0.05, 0.1) is 24.1 Å². The molecule has 0 saturated heterocycles. The summed E-state index contributed by atoms with van der Waals surface area (Å²) in [6.07, 6.45) is 2.47. The molecule has 0 radical (unpaired) electrons. The Hall–Kier alpha value is -3.80. The second kappa shape index (κ2) is 7.16. The van der Waals surface area contributed by atoms with Gasteiger partial charge in [-0.3, -0.25) is 14.6 Å². The van der Waals surface area contributed by atoms with Crippen molar-refractivity contribution < 1.29 is 19.4 Å². The number of pyridine rings is 2. The number of aliphatic carboxylic acids is 1. The van der Waals surface area contributed by atoms with E-state index in [2.05, 4.69) is 9.97 Å². The van der Waals surface area contributed by atoms with Crippen LogP contribution >= 0.6 is 0 Å². The topological polar surface area (TPSA) is 89.4 Å². The van der Waals surface area contributed by atoms with Crippen molar-refractivity contribution in [3.8, 4) is 16.9 Å². The summed E-state index contributed by atoms with van der Waals surface area (Å²) in [5.41, 5.74) is 6.16. The van der Waals surface area contributed by atoms with Crippen LogP contribution in [-0.2, 0) is 17.6 Å². The standard InChI is InChI=1S/C25H20N2O4/c1-13-11-20-16(3-5-19(27-20)14(2)28)24(18(13)12-22(29)30)17-4-6-21-23-15(8-10-31-21)7-9-26-25(17)23/h3-7,9,11H,8,10,12H2,1-2H3,(H,29,30). The van der Waals surface area contributed by atoms with Gasteiger partial charge in [0.25, 0.3) is 0 Å². The van der Waals surface area contributed by atoms with Gasteiger partial charge in [0, 0.05) is 35.9 Å². The highest BCUT2D eigenvalue weighted by molar-refractivity contribution is 6.08. The summed E-state index contributed by atoms with van der Waals surface area (Å²) in [7, 11) is 0. The molecule has 1 aliphatic heterocycles. The number of aromatic nitrogens is 2. The first-order valence-corrected chi connectivity index (χ1v) is 10.1. The number of benzene rings is 2. The number of aryl methyl sites for hydroxylation is 1. The first-order chi connectivity index (χ1) is 14.9. The van der Waals surface area contributed by atoms with E-state index in [4.69, 9.17) is 4.74 Å². The molecule has 5 rings (SSSR count). The third kappa shape index (κ3) is 3.11. The summed E-state index contributed by atoms with van der Waals surface area (Å²) in [5.74, 6) is -0.228. The van der Waals surface area contributed by atoms with E-state index in [9.17, 15) is 14.7 Å². The molecule has 0 aliphatic carbocycles. The van der Waals surface area contributed by atoms with Crippen LogP contribution in [-0.4, -0.2) is 33.4 Å². The fourth-order valence-electron chi connectivity index (χ4n) is 4.43. The van der Waals surface area contributed by atoms with Crippen LogP contribution in [0.5, 0.6) is 5.75 Å². The predicted molar refractivity (Wildman–Crippen MR) is 118 cm³/mol. The van der Waals surface area contributed by atoms with Crippen molar-refractivity contribution in [2.24, 2.45) is 0 Å². The van der Waals surface area contributed by atoms with E-state index in [1.54, 1.807) is 12.3 Å². The van der Waals surface area contributed by atoms with Gasteiger partial charge in [0.1, 0.15) is 11.4 Å². The maximum absolute atomic E-state index is 11.9. The quantitative estimate of drug-likeness (QED) is 0.496. The third-order valence-corrected chi connectivity index (χ3v) is 5.85. The van der Waals surface area contributed by atoms with Crippen LogP contribution in [0.1, 0.15) is 34.1 Å². The van der Waals surface area contributed by atoms with E-state index in [0.717, 1.165) is 50.7 Å². The average molecular weight is 412 g/mol. The SMILES string of the molecule is CC(=O)c1ccc2c(-c3ccc4c5c(ccnc35)CCO4)c(CC(=O)O)c(C)cc2n1. The van der Waals surface area contributed by atoms with Crippen molar-refractivity contribution in [3.63, 3.8) is 0 Å². The zero-order valence-corrected chi connectivity index (χ0v) is 17.2. The Morgan fingerprint density at radius 1 is 1.16 bits per heavy atom. The minimum atomic E-state index is -0.906. The van der Waals surface area contributed by atoms with E-state index in [-0.39, 0.29) is 12.2 Å². The number of Topliss-reactive ketones (excluding diaryl/α,β-unsaturated/α-hetero) is 1. The molecule has 2 aromatic carbocycles. The van der Waals surface area contributed by atoms with Crippen molar-refractivity contribution in [3.05, 3.63) is 65.0 Å². The number of hydrogen-bond donors (Lipinski definition) is 1. The Labute approximate surface area is 178 Å². The van der Waals surface area contributed by atoms with Crippen molar-refractivity contribution >= 4 is 33.6 Å². The monoisotopic (exact) mass is 412 g/mol. The molecule has 1 aliphatic rings. The molecule has 1 N–H and O–H groups in total. The number of carbonyl (C=O) groups excluding carboxylic acids is 1. The molecule has 0 unspecified atom stereocenters. The van der Waals surface area contributed by atoms with E-state index in [1.165, 1.54) is 12.5 Å². The minimum absolute atomic E-state index is 0.115. The van der Waals surface area contributed by atoms with Crippen LogP contribution < -0.4 is 4.74 Å². The average Bonchev–Trinajstić information content (AvgIpc) is 2.75. The molecule has 4 aromatic rings. The maximum atomic E-state index is 11.9. The number of hydrogen-bond acceptors (Lipinski definition) is 5. The first kappa shape index (κ1) is 19.2. The Kier molecular flexibility index (Phi) is 4.43. The summed E-state index contributed by atoms with van der Waals surface area (Å²) >= 11 is 0. The predicted octanol–water partition coefficient (Wildman–Crippen LogP) is 4.52. The molecule has 0 saturated carbocycles. The van der Waals surface area contributed by atoms with Gasteiger partial charge in [-0.05, 0) is 65.6 Å². The van der Waals surface area contributed by atoms with E-state index >= 15 is 0 Å². The fourth-order valence-corrected chi connectivity index (χ4v) is 4.43. The molecule has 0 fully saturated rings. The summed E-state index contributed by atoms with van der Waals surface area (Å²) in [6, 6.07) is 11.3. The lowest BCUT2D eigenvalue weighted by molar-refractivity contribution is -0.136. The van der Waals surface area contributed by atoms with Crippen molar-refractivity contribution in [1.82, 2.24) is 9.97 Å². The Morgan fingerprint density at radius 3 is 2.77 bits per heavy atom. The smallest absolute Gasteiger partial charge is 0.307 e. The van der Waals surface area contributed by atoms with Crippen molar-refractivity contribution in [2.45, 2.75) is 26.7 Å². The van der Waals surface area contributed by atoms with E-state index in [0.29, 0.717) is 17.8 Å². The molecule has 0 amide bonds. The second-order valence-electron chi connectivity index (χ2n) is 7.84. The molecule has 3 heterocycles. The second-order valence-corrected chi connectivity index (χ2v) is 7.84. The molecular formula is C25H20N2O4. The molecule has 0 bridgehead atoms. The molecule has 31 heavy (non-hydrogen) atoms. The minimum Gasteiger partial charge on any atom is -0.493 e. The lowest BCUT2D eigenvalue weighted by Crippen LogP contribution is -2.10. The van der Waals surface area contributed by atoms with Crippen LogP contribution in [0.2, 0.25) is 0 Å². The highest BCUT2D eigenvalue weighted by Crippen LogP contribution is 2.42. The first-order valence-electron chi connectivity index (χ1n) is 10.1. The van der Waals surface area contributed by atoms with Crippen molar-refractivity contribution in [1.29, 1.82) is 0 Å². The molecule has 154 valence electrons. The van der Waals surface area contributed by atoms with Gasteiger partial charge < -0.3 is 9.84 Å². The van der Waals surface area contributed by atoms with Gasteiger partial charge in [-0.15, -0.1) is 0 Å². The van der Waals surface area contributed by atoms with Crippen LogP contribution in [0, 0.1) is 6.92 Å². The van der Waals surface area contributed by atoms with E-state index in [1.807, 2.05) is 37.3 Å². The Bertz CT molecular complexity index is 1400. The van der Waals surface area contributed by atoms with Crippen LogP contribution in [0.4, 0.5) is 0 Å². The van der Waals surface area contributed by atoms with Crippen LogP contribution in [0.3, 0.4) is 0 Å². The lowest BCUT2D eigenvalue weighted by Gasteiger charge is -2.21. The molecule has 6 nitrogen and oxygen atoms in total. The van der Waals surface area contributed by atoms with Gasteiger partial charge >= 0.3 is 5.97 Å². The number of nitrogens with zero attached hydrogens (tertiary/aromatic N) is 2. The number of carboxylic acids is 1. The normalized spacial score (nSPS) is 12.7. The number of ether oxygens (including phenoxy) is 1. The molecule has 0 spiro atoms. The van der Waals surface area contributed by atoms with Crippen molar-refractivity contribution in [2.75, 3.05) is 6.61 Å². The summed E-state index contributed by atoms with van der Waals surface area (Å²) in [6.45, 7) is 3.99. The fraction of sp³-hybridized carbons (Fsp3) is 0.200. The molecule has 6 heteroatoms. The number of carbonyl (C=O) groups is 2. The zero-order valence-electron chi connectivity index (χ0n) is 17.2. The number of fused-ring (bicyclic) bond motifs is 1. The van der Waals surface area contributed by atoms with Gasteiger partial charge in [-0.2, -0.15) is 0 Å². The van der Waals surface area contributed by atoms with Crippen LogP contribution in [0.15, 0.2) is 42.6 Å². The summed E-state index contributed by atoms with van der Waals surface area (Å²) in [5, 5.41) is 11.4. The number of ketones is 1. The lowest BCUT2D eigenvalue weighted by atomic mass is 9.87. The van der Waals surface area contributed by atoms with Gasteiger partial charge in [0.15, 0.2) is 5.78 Å². The van der Waals surface area contributed by atoms with Gasteiger partial charge in [0.2, 0.25) is 0 Å². The Balaban J connectivity index is 1.90. The molecular weight excluding hydrogens is 392 g/mol. The Morgan fingerprint density at radius 2 is 2.00 bits per heavy atom. The zero-order chi connectivity index (χ0) is 21.7. The van der Waals surface area contributed by atoms with Gasteiger partial charge in [-0.1, -0.05) is 0 Å². The highest BCUT2D eigenvalue weighted by atomic mass is 16.5. The molecule has 0 atom stereocenters. The third-order valence-electron chi connectivity index (χ3n) is 5.85. The summed E-state index contributed by atoms with van der Waals surface area (Å²) in [4.78, 5) is 32.8.